The molecule has 0 radical (unpaired) electrons. The zero-order valence-electron chi connectivity index (χ0n) is 7.51. The maximum atomic E-state index is 13.3. The molecule has 1 heterocycles. The van der Waals surface area contributed by atoms with Crippen LogP contribution in [-0.4, -0.2) is 10.2 Å². The van der Waals surface area contributed by atoms with E-state index in [1.54, 1.807) is 6.92 Å². The van der Waals surface area contributed by atoms with E-state index in [0.717, 1.165) is 23.9 Å². The quantitative estimate of drug-likeness (QED) is 0.742. The fourth-order valence-corrected chi connectivity index (χ4v) is 1.33. The Balaban J connectivity index is 2.62. The molecule has 1 N–H and O–H groups in total. The molecule has 0 atom stereocenters. The Kier molecular flexibility index (Phi) is 2.04. The van der Waals surface area contributed by atoms with Crippen LogP contribution >= 0.6 is 0 Å². The van der Waals surface area contributed by atoms with Gasteiger partial charge in [0.2, 0.25) is 0 Å². The topological polar surface area (TPSA) is 28.7 Å². The van der Waals surface area contributed by atoms with E-state index in [1.165, 1.54) is 6.20 Å². The van der Waals surface area contributed by atoms with Crippen molar-refractivity contribution in [2.75, 3.05) is 0 Å². The summed E-state index contributed by atoms with van der Waals surface area (Å²) in [4.78, 5) is 0. The predicted octanol–water partition coefficient (Wildman–Crippen LogP) is 2.66. The second kappa shape index (κ2) is 3.21. The van der Waals surface area contributed by atoms with Gasteiger partial charge in [0.15, 0.2) is 0 Å². The minimum atomic E-state index is -0.456. The molecule has 72 valence electrons. The molecular weight excluding hydrogens is 186 g/mol. The van der Waals surface area contributed by atoms with E-state index in [9.17, 15) is 8.78 Å². The smallest absolute Gasteiger partial charge is 0.131 e. The number of aryl methyl sites for hydroxylation is 1. The van der Waals surface area contributed by atoms with Crippen molar-refractivity contribution in [2.24, 2.45) is 0 Å². The molecule has 0 aliphatic rings. The SMILES string of the molecule is Cc1[nH]ncc1-c1cc(F)ccc1F. The number of nitrogens with one attached hydrogen (secondary N) is 1. The van der Waals surface area contributed by atoms with E-state index in [1.807, 2.05) is 0 Å². The molecule has 0 spiro atoms. The van der Waals surface area contributed by atoms with Crippen molar-refractivity contribution in [3.05, 3.63) is 41.7 Å². The van der Waals surface area contributed by atoms with Crippen molar-refractivity contribution in [1.29, 1.82) is 0 Å². The normalized spacial score (nSPS) is 10.5. The van der Waals surface area contributed by atoms with E-state index in [4.69, 9.17) is 0 Å². The van der Waals surface area contributed by atoms with Crippen LogP contribution in [0.5, 0.6) is 0 Å². The molecule has 1 aromatic heterocycles. The van der Waals surface area contributed by atoms with Crippen LogP contribution in [0.25, 0.3) is 11.1 Å². The van der Waals surface area contributed by atoms with Crippen LogP contribution in [0.15, 0.2) is 24.4 Å². The van der Waals surface area contributed by atoms with Gasteiger partial charge < -0.3 is 0 Å². The molecule has 2 aromatic rings. The zero-order chi connectivity index (χ0) is 10.1. The highest BCUT2D eigenvalue weighted by Crippen LogP contribution is 2.24. The summed E-state index contributed by atoms with van der Waals surface area (Å²) in [5.41, 5.74) is 1.53. The maximum Gasteiger partial charge on any atom is 0.131 e. The van der Waals surface area contributed by atoms with Gasteiger partial charge in [0.25, 0.3) is 0 Å². The summed E-state index contributed by atoms with van der Waals surface area (Å²) >= 11 is 0. The Morgan fingerprint density at radius 2 is 2.00 bits per heavy atom. The molecule has 2 nitrogen and oxygen atoms in total. The highest BCUT2D eigenvalue weighted by atomic mass is 19.1. The molecule has 0 saturated heterocycles. The molecule has 1 aromatic carbocycles. The number of H-pyrrole nitrogens is 1. The Hall–Kier alpha value is -1.71. The fourth-order valence-electron chi connectivity index (χ4n) is 1.33. The predicted molar refractivity (Wildman–Crippen MR) is 48.7 cm³/mol. The molecule has 0 amide bonds. The largest absolute Gasteiger partial charge is 0.282 e. The van der Waals surface area contributed by atoms with Gasteiger partial charge in [-0.15, -0.1) is 0 Å². The van der Waals surface area contributed by atoms with Gasteiger partial charge in [0, 0.05) is 16.8 Å². The molecule has 4 heteroatoms. The first-order valence-corrected chi connectivity index (χ1v) is 4.14. The minimum absolute atomic E-state index is 0.233. The third-order valence-electron chi connectivity index (χ3n) is 2.05. The Morgan fingerprint density at radius 3 is 2.64 bits per heavy atom. The molecule has 0 saturated carbocycles. The van der Waals surface area contributed by atoms with Gasteiger partial charge in [-0.25, -0.2) is 8.78 Å². The standard InChI is InChI=1S/C10H8F2N2/c1-6-9(5-13-14-6)8-4-7(11)2-3-10(8)12/h2-5H,1H3,(H,13,14). The van der Waals surface area contributed by atoms with E-state index in [2.05, 4.69) is 10.2 Å². The van der Waals surface area contributed by atoms with Crippen LogP contribution in [0.1, 0.15) is 5.69 Å². The number of benzene rings is 1. The Morgan fingerprint density at radius 1 is 1.21 bits per heavy atom. The summed E-state index contributed by atoms with van der Waals surface area (Å²) < 4.78 is 26.2. The molecule has 0 unspecified atom stereocenters. The lowest BCUT2D eigenvalue weighted by Gasteiger charge is -2.01. The molecule has 0 aliphatic heterocycles. The van der Waals surface area contributed by atoms with Crippen molar-refractivity contribution in [3.63, 3.8) is 0 Å². The van der Waals surface area contributed by atoms with Crippen LogP contribution in [0, 0.1) is 18.6 Å². The number of hydrogen-bond donors (Lipinski definition) is 1. The first-order valence-electron chi connectivity index (χ1n) is 4.14. The van der Waals surface area contributed by atoms with Gasteiger partial charge in [-0.1, -0.05) is 0 Å². The average molecular weight is 194 g/mol. The third-order valence-corrected chi connectivity index (χ3v) is 2.05. The van der Waals surface area contributed by atoms with Crippen LogP contribution in [-0.2, 0) is 0 Å². The monoisotopic (exact) mass is 194 g/mol. The van der Waals surface area contributed by atoms with Crippen molar-refractivity contribution < 1.29 is 8.78 Å². The van der Waals surface area contributed by atoms with Gasteiger partial charge in [0.1, 0.15) is 11.6 Å². The first kappa shape index (κ1) is 8.87. The number of hydrogen-bond acceptors (Lipinski definition) is 1. The van der Waals surface area contributed by atoms with Crippen LogP contribution in [0.2, 0.25) is 0 Å². The second-order valence-corrected chi connectivity index (χ2v) is 3.03. The van der Waals surface area contributed by atoms with Gasteiger partial charge in [-0.3, -0.25) is 5.10 Å². The van der Waals surface area contributed by atoms with Crippen molar-refractivity contribution in [2.45, 2.75) is 6.92 Å². The van der Waals surface area contributed by atoms with Crippen LogP contribution < -0.4 is 0 Å². The highest BCUT2D eigenvalue weighted by molar-refractivity contribution is 5.65. The summed E-state index contributed by atoms with van der Waals surface area (Å²) in [6.45, 7) is 1.76. The van der Waals surface area contributed by atoms with Crippen molar-refractivity contribution in [1.82, 2.24) is 10.2 Å². The van der Waals surface area contributed by atoms with E-state index >= 15 is 0 Å². The molecule has 0 aliphatic carbocycles. The van der Waals surface area contributed by atoms with Crippen molar-refractivity contribution >= 4 is 0 Å². The zero-order valence-corrected chi connectivity index (χ0v) is 7.51. The Labute approximate surface area is 79.6 Å². The van der Waals surface area contributed by atoms with Crippen molar-refractivity contribution in [3.8, 4) is 11.1 Å². The second-order valence-electron chi connectivity index (χ2n) is 3.03. The lowest BCUT2D eigenvalue weighted by molar-refractivity contribution is 0.603. The average Bonchev–Trinajstić information content (AvgIpc) is 2.56. The van der Waals surface area contributed by atoms with Gasteiger partial charge in [-0.2, -0.15) is 5.10 Å². The number of aromatic amines is 1. The van der Waals surface area contributed by atoms with Gasteiger partial charge in [-0.05, 0) is 25.1 Å². The van der Waals surface area contributed by atoms with E-state index in [-0.39, 0.29) is 5.56 Å². The lowest BCUT2D eigenvalue weighted by atomic mass is 10.1. The fraction of sp³-hybridized carbons (Fsp3) is 0.100. The molecule has 0 bridgehead atoms. The molecule has 14 heavy (non-hydrogen) atoms. The van der Waals surface area contributed by atoms with E-state index in [0.29, 0.717) is 5.56 Å². The number of halogens is 2. The summed E-state index contributed by atoms with van der Waals surface area (Å²) in [6, 6.07) is 3.36. The summed E-state index contributed by atoms with van der Waals surface area (Å²) in [7, 11) is 0. The lowest BCUT2D eigenvalue weighted by Crippen LogP contribution is -1.86. The van der Waals surface area contributed by atoms with Gasteiger partial charge >= 0.3 is 0 Å². The highest BCUT2D eigenvalue weighted by Gasteiger charge is 2.09. The molecule has 0 fully saturated rings. The van der Waals surface area contributed by atoms with Crippen LogP contribution in [0.4, 0.5) is 8.78 Å². The summed E-state index contributed by atoms with van der Waals surface area (Å²) in [5, 5.41) is 6.43. The number of aromatic nitrogens is 2. The van der Waals surface area contributed by atoms with E-state index < -0.39 is 11.6 Å². The van der Waals surface area contributed by atoms with Crippen LogP contribution in [0.3, 0.4) is 0 Å². The third kappa shape index (κ3) is 1.39. The first-order chi connectivity index (χ1) is 6.68. The molecular formula is C10H8F2N2. The number of nitrogens with zero attached hydrogens (tertiary/aromatic N) is 1. The minimum Gasteiger partial charge on any atom is -0.282 e. The van der Waals surface area contributed by atoms with Gasteiger partial charge in [0.05, 0.1) is 6.20 Å². The maximum absolute atomic E-state index is 13.3. The summed E-state index contributed by atoms with van der Waals surface area (Å²) in [6.07, 6.45) is 1.48. The molecule has 2 rings (SSSR count). The Bertz CT molecular complexity index is 463. The number of rotatable bonds is 1. The summed E-state index contributed by atoms with van der Waals surface area (Å²) in [5.74, 6) is -0.905.